The fourth-order valence-corrected chi connectivity index (χ4v) is 5.07. The SMILES string of the molecule is CC1(C)OC[C@H](CN2CC(c3c(OCOCC[Si](C)(C)C)ccc(Cl)c3Cl)CC2=O)O1. The van der Waals surface area contributed by atoms with Gasteiger partial charge in [-0.15, -0.1) is 0 Å². The minimum absolute atomic E-state index is 0.0617. The molecule has 0 spiro atoms. The first-order valence-electron chi connectivity index (χ1n) is 10.7. The van der Waals surface area contributed by atoms with Gasteiger partial charge in [0.25, 0.3) is 0 Å². The van der Waals surface area contributed by atoms with Gasteiger partial charge >= 0.3 is 0 Å². The zero-order chi connectivity index (χ0) is 22.8. The van der Waals surface area contributed by atoms with Crippen LogP contribution in [0, 0.1) is 0 Å². The lowest BCUT2D eigenvalue weighted by Gasteiger charge is -2.23. The second-order valence-corrected chi connectivity index (χ2v) is 16.3. The number of likely N-dealkylation sites (tertiary alicyclic amines) is 1. The molecule has 0 saturated carbocycles. The second-order valence-electron chi connectivity index (χ2n) is 9.90. The van der Waals surface area contributed by atoms with Crippen molar-refractivity contribution in [2.75, 3.05) is 33.1 Å². The Bertz CT molecular complexity index is 799. The minimum Gasteiger partial charge on any atom is -0.467 e. The Labute approximate surface area is 196 Å². The summed E-state index contributed by atoms with van der Waals surface area (Å²) >= 11 is 12.9. The Hall–Kier alpha value is -0.833. The molecule has 2 saturated heterocycles. The Balaban J connectivity index is 1.64. The predicted molar refractivity (Wildman–Crippen MR) is 125 cm³/mol. The highest BCUT2D eigenvalue weighted by atomic mass is 35.5. The molecule has 0 aromatic heterocycles. The summed E-state index contributed by atoms with van der Waals surface area (Å²) in [7, 11) is -1.16. The molecule has 6 nitrogen and oxygen atoms in total. The number of hydrogen-bond acceptors (Lipinski definition) is 5. The van der Waals surface area contributed by atoms with Gasteiger partial charge in [0.15, 0.2) is 12.6 Å². The summed E-state index contributed by atoms with van der Waals surface area (Å²) < 4.78 is 23.1. The summed E-state index contributed by atoms with van der Waals surface area (Å²) in [5.41, 5.74) is 0.766. The van der Waals surface area contributed by atoms with Crippen LogP contribution in [0.3, 0.4) is 0 Å². The van der Waals surface area contributed by atoms with Crippen molar-refractivity contribution in [3.63, 3.8) is 0 Å². The fourth-order valence-electron chi connectivity index (χ4n) is 3.84. The number of hydrogen-bond donors (Lipinski definition) is 0. The van der Waals surface area contributed by atoms with Crippen LogP contribution < -0.4 is 4.74 Å². The molecule has 3 rings (SSSR count). The average Bonchev–Trinajstić information content (AvgIpc) is 3.18. The van der Waals surface area contributed by atoms with E-state index in [4.69, 9.17) is 42.1 Å². The van der Waals surface area contributed by atoms with Crippen molar-refractivity contribution < 1.29 is 23.7 Å². The molecule has 2 aliphatic heterocycles. The standard InChI is InChI=1S/C22H33Cl2NO5Si/c1-22(2)29-13-16(30-22)12-25-11-15(10-19(25)26)20-18(7-6-17(23)21(20)24)28-14-27-8-9-31(3,4)5/h6-7,15-16H,8-14H2,1-5H3/t15?,16-/m0/s1. The molecule has 2 heterocycles. The highest BCUT2D eigenvalue weighted by Gasteiger charge is 2.39. The van der Waals surface area contributed by atoms with Gasteiger partial charge in [-0.1, -0.05) is 42.8 Å². The van der Waals surface area contributed by atoms with Crippen molar-refractivity contribution in [2.45, 2.75) is 63.8 Å². The van der Waals surface area contributed by atoms with Gasteiger partial charge in [0.05, 0.1) is 16.7 Å². The fraction of sp³-hybridized carbons (Fsp3) is 0.682. The molecule has 31 heavy (non-hydrogen) atoms. The van der Waals surface area contributed by atoms with Crippen molar-refractivity contribution in [3.05, 3.63) is 27.7 Å². The molecule has 1 aromatic rings. The average molecular weight is 491 g/mol. The third-order valence-corrected chi connectivity index (χ3v) is 8.02. The molecular formula is C22H33Cl2NO5Si. The molecule has 2 fully saturated rings. The maximum atomic E-state index is 12.7. The van der Waals surface area contributed by atoms with Crippen LogP contribution in [0.15, 0.2) is 12.1 Å². The van der Waals surface area contributed by atoms with Crippen LogP contribution in [-0.4, -0.2) is 63.9 Å². The zero-order valence-corrected chi connectivity index (χ0v) is 21.5. The van der Waals surface area contributed by atoms with Crippen LogP contribution in [0.25, 0.3) is 0 Å². The van der Waals surface area contributed by atoms with Crippen LogP contribution in [0.5, 0.6) is 5.75 Å². The summed E-state index contributed by atoms with van der Waals surface area (Å²) in [4.78, 5) is 14.5. The van der Waals surface area contributed by atoms with Gasteiger partial charge in [-0.3, -0.25) is 4.79 Å². The number of ether oxygens (including phenoxy) is 4. The molecular weight excluding hydrogens is 457 g/mol. The number of nitrogens with zero attached hydrogens (tertiary/aromatic N) is 1. The van der Waals surface area contributed by atoms with E-state index in [1.165, 1.54) is 0 Å². The molecule has 0 radical (unpaired) electrons. The lowest BCUT2D eigenvalue weighted by molar-refractivity contribution is -0.144. The first-order chi connectivity index (χ1) is 14.5. The molecule has 2 aliphatic rings. The first-order valence-corrected chi connectivity index (χ1v) is 15.2. The van der Waals surface area contributed by atoms with Crippen molar-refractivity contribution >= 4 is 37.2 Å². The molecule has 1 aromatic carbocycles. The van der Waals surface area contributed by atoms with E-state index in [2.05, 4.69) is 19.6 Å². The van der Waals surface area contributed by atoms with Gasteiger partial charge < -0.3 is 23.8 Å². The number of benzene rings is 1. The largest absolute Gasteiger partial charge is 0.467 e. The summed E-state index contributed by atoms with van der Waals surface area (Å²) in [6.45, 7) is 13.0. The van der Waals surface area contributed by atoms with Gasteiger partial charge in [-0.25, -0.2) is 0 Å². The maximum absolute atomic E-state index is 12.7. The third kappa shape index (κ3) is 6.82. The number of rotatable bonds is 9. The van der Waals surface area contributed by atoms with Crippen molar-refractivity contribution in [2.24, 2.45) is 0 Å². The van der Waals surface area contributed by atoms with Crippen LogP contribution in [0.2, 0.25) is 35.7 Å². The van der Waals surface area contributed by atoms with E-state index < -0.39 is 13.9 Å². The van der Waals surface area contributed by atoms with Crippen LogP contribution >= 0.6 is 23.2 Å². The van der Waals surface area contributed by atoms with E-state index in [0.29, 0.717) is 48.5 Å². The van der Waals surface area contributed by atoms with Crippen molar-refractivity contribution in [3.8, 4) is 5.75 Å². The second kappa shape index (κ2) is 9.97. The molecule has 2 atom stereocenters. The van der Waals surface area contributed by atoms with E-state index in [1.807, 2.05) is 18.7 Å². The van der Waals surface area contributed by atoms with E-state index >= 15 is 0 Å². The lowest BCUT2D eigenvalue weighted by atomic mass is 9.97. The first kappa shape index (κ1) is 24.8. The Kier molecular flexibility index (Phi) is 7.98. The van der Waals surface area contributed by atoms with Gasteiger partial charge in [0.2, 0.25) is 5.91 Å². The molecule has 0 aliphatic carbocycles. The smallest absolute Gasteiger partial charge is 0.223 e. The van der Waals surface area contributed by atoms with Crippen LogP contribution in [-0.2, 0) is 19.0 Å². The summed E-state index contributed by atoms with van der Waals surface area (Å²) in [6, 6.07) is 4.58. The summed E-state index contributed by atoms with van der Waals surface area (Å²) in [6.07, 6.45) is 0.215. The van der Waals surface area contributed by atoms with E-state index in [9.17, 15) is 4.79 Å². The molecule has 174 valence electrons. The van der Waals surface area contributed by atoms with E-state index in [-0.39, 0.29) is 24.7 Å². The number of halogens is 2. The van der Waals surface area contributed by atoms with Crippen LogP contribution in [0.4, 0.5) is 0 Å². The summed E-state index contributed by atoms with van der Waals surface area (Å²) in [5.74, 6) is -0.0408. The Morgan fingerprint density at radius 1 is 1.26 bits per heavy atom. The van der Waals surface area contributed by atoms with E-state index in [0.717, 1.165) is 11.6 Å². The highest BCUT2D eigenvalue weighted by molar-refractivity contribution is 6.76. The van der Waals surface area contributed by atoms with Gasteiger partial charge in [-0.2, -0.15) is 0 Å². The normalized spacial score (nSPS) is 23.6. The zero-order valence-electron chi connectivity index (χ0n) is 19.0. The minimum atomic E-state index is -1.16. The van der Waals surface area contributed by atoms with Crippen molar-refractivity contribution in [1.82, 2.24) is 4.90 Å². The molecule has 1 unspecified atom stereocenters. The molecule has 0 bridgehead atoms. The number of amides is 1. The number of carbonyl (C=O) groups excluding carboxylic acids is 1. The van der Waals surface area contributed by atoms with Gasteiger partial charge in [-0.05, 0) is 32.0 Å². The van der Waals surface area contributed by atoms with Gasteiger partial charge in [0, 0.05) is 45.7 Å². The maximum Gasteiger partial charge on any atom is 0.223 e. The molecule has 0 N–H and O–H groups in total. The lowest BCUT2D eigenvalue weighted by Crippen LogP contribution is -2.35. The molecule has 9 heteroatoms. The van der Waals surface area contributed by atoms with E-state index in [1.54, 1.807) is 12.1 Å². The van der Waals surface area contributed by atoms with Crippen LogP contribution in [0.1, 0.15) is 31.7 Å². The monoisotopic (exact) mass is 489 g/mol. The topological polar surface area (TPSA) is 57.2 Å². The third-order valence-electron chi connectivity index (χ3n) is 5.50. The Morgan fingerprint density at radius 2 is 2.00 bits per heavy atom. The quantitative estimate of drug-likeness (QED) is 0.272. The number of carbonyl (C=O) groups is 1. The van der Waals surface area contributed by atoms with Crippen molar-refractivity contribution in [1.29, 1.82) is 0 Å². The highest BCUT2D eigenvalue weighted by Crippen LogP contribution is 2.42. The summed E-state index contributed by atoms with van der Waals surface area (Å²) in [5, 5.41) is 0.881. The van der Waals surface area contributed by atoms with Gasteiger partial charge in [0.1, 0.15) is 11.9 Å². The Morgan fingerprint density at radius 3 is 2.65 bits per heavy atom. The predicted octanol–water partition coefficient (Wildman–Crippen LogP) is 5.15. The molecule has 1 amide bonds.